The summed E-state index contributed by atoms with van der Waals surface area (Å²) in [6, 6.07) is 3.00. The number of Topliss-reactive ketones (excluding diaryl/α,β-unsaturated/α-hetero) is 1. The second-order valence-electron chi connectivity index (χ2n) is 10.3. The summed E-state index contributed by atoms with van der Waals surface area (Å²) in [5.41, 5.74) is 12.0. The van der Waals surface area contributed by atoms with Crippen molar-refractivity contribution in [1.29, 1.82) is 0 Å². The van der Waals surface area contributed by atoms with Crippen LogP contribution in [0.25, 0.3) is 10.9 Å². The number of hydrogen-bond donors (Lipinski definition) is 3. The molecule has 1 aromatic heterocycles. The number of ketones is 1. The number of hydrogen-bond acceptors (Lipinski definition) is 6. The lowest BCUT2D eigenvalue weighted by atomic mass is 9.88. The average Bonchev–Trinajstić information content (AvgIpc) is 3.65. The molecule has 0 amide bonds. The highest BCUT2D eigenvalue weighted by molar-refractivity contribution is 6.38. The number of nitrogens with zero attached hydrogens (tertiary/aromatic N) is 2. The molecule has 1 aromatic carbocycles. The van der Waals surface area contributed by atoms with E-state index in [4.69, 9.17) is 23.1 Å². The molecule has 33 heavy (non-hydrogen) atoms. The molecule has 1 saturated heterocycles. The molecule has 2 aromatic rings. The highest BCUT2D eigenvalue weighted by atomic mass is 35.5. The van der Waals surface area contributed by atoms with Gasteiger partial charge in [0.15, 0.2) is 5.78 Å². The zero-order valence-electron chi connectivity index (χ0n) is 18.8. The Kier molecular flexibility index (Phi) is 4.94. The van der Waals surface area contributed by atoms with Crippen molar-refractivity contribution in [2.75, 3.05) is 18.0 Å². The first-order valence-corrected chi connectivity index (χ1v) is 11.8. The number of carboxylic acid groups (broad SMARTS) is 1. The molecule has 0 bridgehead atoms. The van der Waals surface area contributed by atoms with Gasteiger partial charge in [0.1, 0.15) is 5.56 Å². The highest BCUT2D eigenvalue weighted by Crippen LogP contribution is 2.61. The van der Waals surface area contributed by atoms with Gasteiger partial charge in [-0.15, -0.1) is 0 Å². The normalized spacial score (nSPS) is 27.5. The van der Waals surface area contributed by atoms with Gasteiger partial charge in [0.2, 0.25) is 5.43 Å². The van der Waals surface area contributed by atoms with Crippen molar-refractivity contribution in [2.24, 2.45) is 22.8 Å². The van der Waals surface area contributed by atoms with Crippen LogP contribution in [-0.2, 0) is 4.79 Å². The van der Waals surface area contributed by atoms with Crippen LogP contribution in [-0.4, -0.2) is 46.1 Å². The van der Waals surface area contributed by atoms with E-state index in [1.165, 1.54) is 6.20 Å². The molecule has 2 aliphatic carbocycles. The standard InChI is InChI=1S/C24H29ClN4O4/c1-12(2)18(26)21(31)24(27)10-23(24)7-8-28(11-23)16-6-5-14-19(17(16)25)29(13-3-4-13)9-15(20(14)30)22(32)33/h5-6,9,12-13,18H,3-4,7-8,10-11,26-27H2,1-2H3,(H,32,33). The third-order valence-electron chi connectivity index (χ3n) is 7.88. The predicted octanol–water partition coefficient (Wildman–Crippen LogP) is 2.54. The summed E-state index contributed by atoms with van der Waals surface area (Å²) in [6.45, 7) is 5.12. The van der Waals surface area contributed by atoms with E-state index >= 15 is 0 Å². The molecule has 3 aliphatic rings. The quantitative estimate of drug-likeness (QED) is 0.588. The van der Waals surface area contributed by atoms with E-state index in [1.54, 1.807) is 12.1 Å². The van der Waals surface area contributed by atoms with Crippen molar-refractivity contribution in [2.45, 2.75) is 57.2 Å². The monoisotopic (exact) mass is 472 g/mol. The van der Waals surface area contributed by atoms with E-state index in [0.717, 1.165) is 24.9 Å². The van der Waals surface area contributed by atoms with Crippen LogP contribution in [0.5, 0.6) is 0 Å². The molecule has 8 nitrogen and oxygen atoms in total. The van der Waals surface area contributed by atoms with Gasteiger partial charge < -0.3 is 26.0 Å². The Labute approximate surface area is 196 Å². The van der Waals surface area contributed by atoms with Gasteiger partial charge in [0.05, 0.1) is 27.8 Å². The lowest BCUT2D eigenvalue weighted by Crippen LogP contribution is -2.51. The van der Waals surface area contributed by atoms with E-state index in [1.807, 2.05) is 18.4 Å². The Bertz CT molecular complexity index is 1250. The molecule has 176 valence electrons. The van der Waals surface area contributed by atoms with Crippen molar-refractivity contribution in [3.8, 4) is 0 Å². The van der Waals surface area contributed by atoms with Crippen LogP contribution in [0.1, 0.15) is 55.9 Å². The summed E-state index contributed by atoms with van der Waals surface area (Å²) in [6.07, 6.45) is 4.62. The summed E-state index contributed by atoms with van der Waals surface area (Å²) in [4.78, 5) is 39.5. The number of anilines is 1. The number of carbonyl (C=O) groups excluding carboxylic acids is 1. The van der Waals surface area contributed by atoms with E-state index in [-0.39, 0.29) is 28.7 Å². The maximum atomic E-state index is 13.0. The molecule has 9 heteroatoms. The van der Waals surface area contributed by atoms with Gasteiger partial charge in [-0.3, -0.25) is 9.59 Å². The van der Waals surface area contributed by atoms with Crippen molar-refractivity contribution in [3.63, 3.8) is 0 Å². The first kappa shape index (κ1) is 22.4. The molecule has 2 saturated carbocycles. The first-order valence-electron chi connectivity index (χ1n) is 11.4. The second kappa shape index (κ2) is 7.29. The van der Waals surface area contributed by atoms with Crippen molar-refractivity contribution >= 4 is 39.9 Å². The van der Waals surface area contributed by atoms with Crippen LogP contribution < -0.4 is 21.8 Å². The van der Waals surface area contributed by atoms with Gasteiger partial charge in [-0.25, -0.2) is 4.79 Å². The molecule has 1 aliphatic heterocycles. The fraction of sp³-hybridized carbons (Fsp3) is 0.542. The number of pyridine rings is 1. The number of halogens is 1. The molecule has 5 rings (SSSR count). The summed E-state index contributed by atoms with van der Waals surface area (Å²) in [7, 11) is 0. The van der Waals surface area contributed by atoms with E-state index in [0.29, 0.717) is 35.4 Å². The molecule has 5 N–H and O–H groups in total. The van der Waals surface area contributed by atoms with E-state index < -0.39 is 23.0 Å². The van der Waals surface area contributed by atoms with Crippen LogP contribution in [0.4, 0.5) is 5.69 Å². The number of aromatic carboxylic acids is 1. The van der Waals surface area contributed by atoms with Gasteiger partial charge >= 0.3 is 5.97 Å². The molecule has 3 atom stereocenters. The Hall–Kier alpha value is -2.42. The van der Waals surface area contributed by atoms with Gasteiger partial charge in [0.25, 0.3) is 0 Å². The lowest BCUT2D eigenvalue weighted by molar-refractivity contribution is -0.124. The fourth-order valence-corrected chi connectivity index (χ4v) is 5.84. The largest absolute Gasteiger partial charge is 0.477 e. The number of fused-ring (bicyclic) bond motifs is 1. The number of carboxylic acids is 1. The summed E-state index contributed by atoms with van der Waals surface area (Å²) < 4.78 is 1.84. The van der Waals surface area contributed by atoms with Crippen LogP contribution in [0.2, 0.25) is 5.02 Å². The minimum Gasteiger partial charge on any atom is -0.477 e. The molecule has 1 spiro atoms. The topological polar surface area (TPSA) is 132 Å². The first-order chi connectivity index (χ1) is 15.5. The zero-order valence-corrected chi connectivity index (χ0v) is 19.6. The minimum absolute atomic E-state index is 0.0258. The van der Waals surface area contributed by atoms with Crippen LogP contribution in [0.15, 0.2) is 23.1 Å². The van der Waals surface area contributed by atoms with Crippen LogP contribution in [0, 0.1) is 11.3 Å². The molecular formula is C24H29ClN4O4. The summed E-state index contributed by atoms with van der Waals surface area (Å²) in [5, 5.41) is 10.2. The predicted molar refractivity (Wildman–Crippen MR) is 127 cm³/mol. The fourth-order valence-electron chi connectivity index (χ4n) is 5.46. The lowest BCUT2D eigenvalue weighted by Gasteiger charge is -2.25. The smallest absolute Gasteiger partial charge is 0.341 e. The minimum atomic E-state index is -1.24. The summed E-state index contributed by atoms with van der Waals surface area (Å²) in [5.74, 6) is -1.29. The number of aromatic nitrogens is 1. The van der Waals surface area contributed by atoms with E-state index in [2.05, 4.69) is 4.90 Å². The second-order valence-corrected chi connectivity index (χ2v) is 10.7. The molecule has 2 heterocycles. The number of carbonyl (C=O) groups is 2. The average molecular weight is 473 g/mol. The zero-order chi connectivity index (χ0) is 23.9. The Morgan fingerprint density at radius 1 is 1.27 bits per heavy atom. The maximum Gasteiger partial charge on any atom is 0.341 e. The Balaban J connectivity index is 1.51. The maximum absolute atomic E-state index is 13.0. The van der Waals surface area contributed by atoms with E-state index in [9.17, 15) is 19.5 Å². The van der Waals surface area contributed by atoms with Crippen molar-refractivity contribution in [1.82, 2.24) is 4.57 Å². The van der Waals surface area contributed by atoms with Crippen LogP contribution >= 0.6 is 11.6 Å². The molecule has 0 radical (unpaired) electrons. The van der Waals surface area contributed by atoms with Gasteiger partial charge in [-0.2, -0.15) is 0 Å². The third kappa shape index (κ3) is 3.22. The van der Waals surface area contributed by atoms with Gasteiger partial charge in [0, 0.05) is 36.1 Å². The third-order valence-corrected chi connectivity index (χ3v) is 8.25. The number of benzene rings is 1. The number of rotatable bonds is 6. The Morgan fingerprint density at radius 3 is 2.58 bits per heavy atom. The summed E-state index contributed by atoms with van der Waals surface area (Å²) >= 11 is 6.87. The molecular weight excluding hydrogens is 444 g/mol. The highest BCUT2D eigenvalue weighted by Gasteiger charge is 2.71. The van der Waals surface area contributed by atoms with Crippen molar-refractivity contribution in [3.05, 3.63) is 39.1 Å². The Morgan fingerprint density at radius 2 is 1.97 bits per heavy atom. The number of nitrogens with two attached hydrogens (primary N) is 2. The SMILES string of the molecule is CC(C)C(N)C(=O)C1(N)CC12CCN(c1ccc3c(=O)c(C(=O)O)cn(C4CC4)c3c1Cl)C2. The molecule has 3 fully saturated rings. The molecule has 3 unspecified atom stereocenters. The van der Waals surface area contributed by atoms with Crippen LogP contribution in [0.3, 0.4) is 0 Å². The van der Waals surface area contributed by atoms with Gasteiger partial charge in [-0.05, 0) is 43.7 Å². The van der Waals surface area contributed by atoms with Gasteiger partial charge in [-0.1, -0.05) is 25.4 Å². The van der Waals surface area contributed by atoms with Crippen molar-refractivity contribution < 1.29 is 14.7 Å².